The first-order valence-electron chi connectivity index (χ1n) is 8.93. The largest absolute Gasteiger partial charge is 0.495 e. The number of anilines is 2. The molecule has 8 heteroatoms. The molecule has 0 aliphatic heterocycles. The molecule has 0 atom stereocenters. The van der Waals surface area contributed by atoms with Gasteiger partial charge in [0.05, 0.1) is 24.9 Å². The number of hydrogen-bond donors (Lipinski definition) is 2. The average Bonchev–Trinajstić information content (AvgIpc) is 2.70. The molecule has 1 aromatic carbocycles. The average molecular weight is 391 g/mol. The normalized spacial score (nSPS) is 14.5. The number of amides is 1. The summed E-state index contributed by atoms with van der Waals surface area (Å²) in [7, 11) is 3.01. The molecular formula is C19H23ClN4O3. The summed E-state index contributed by atoms with van der Waals surface area (Å²) < 4.78 is 10.5. The van der Waals surface area contributed by atoms with E-state index in [2.05, 4.69) is 20.6 Å². The quantitative estimate of drug-likeness (QED) is 0.770. The summed E-state index contributed by atoms with van der Waals surface area (Å²) in [6.07, 6.45) is 7.45. The minimum absolute atomic E-state index is 0.263. The first kappa shape index (κ1) is 19.2. The van der Waals surface area contributed by atoms with Gasteiger partial charge < -0.3 is 20.1 Å². The number of benzene rings is 1. The van der Waals surface area contributed by atoms with Crippen molar-refractivity contribution in [3.05, 3.63) is 35.1 Å². The molecule has 0 radical (unpaired) electrons. The summed E-state index contributed by atoms with van der Waals surface area (Å²) in [6, 6.07) is 5.13. The lowest BCUT2D eigenvalue weighted by Crippen LogP contribution is -2.24. The standard InChI is InChI=1S/C19H23ClN4O3/c1-26-16-11-15(17(27-2)10-13(16)20)23-18(25)14-8-9-21-19(24-14)22-12-6-4-3-5-7-12/h8-12H,3-7H2,1-2H3,(H,23,25)(H,21,22,24). The van der Waals surface area contributed by atoms with E-state index in [0.717, 1.165) is 12.8 Å². The van der Waals surface area contributed by atoms with Gasteiger partial charge in [0.1, 0.15) is 17.2 Å². The van der Waals surface area contributed by atoms with Gasteiger partial charge in [0.25, 0.3) is 5.91 Å². The predicted octanol–water partition coefficient (Wildman–Crippen LogP) is 4.14. The third-order valence-electron chi connectivity index (χ3n) is 4.55. The van der Waals surface area contributed by atoms with E-state index in [1.807, 2.05) is 0 Å². The van der Waals surface area contributed by atoms with Gasteiger partial charge in [-0.25, -0.2) is 9.97 Å². The molecule has 144 valence electrons. The lowest BCUT2D eigenvalue weighted by atomic mass is 9.96. The molecule has 1 aromatic heterocycles. The van der Waals surface area contributed by atoms with Gasteiger partial charge in [0, 0.05) is 24.4 Å². The fourth-order valence-electron chi connectivity index (χ4n) is 3.13. The molecule has 0 spiro atoms. The predicted molar refractivity (Wildman–Crippen MR) is 105 cm³/mol. The van der Waals surface area contributed by atoms with Crippen LogP contribution in [0.3, 0.4) is 0 Å². The summed E-state index contributed by atoms with van der Waals surface area (Å²) in [5, 5.41) is 6.51. The molecule has 1 fully saturated rings. The Morgan fingerprint density at radius 2 is 1.89 bits per heavy atom. The van der Waals surface area contributed by atoms with Crippen LogP contribution >= 0.6 is 11.6 Å². The van der Waals surface area contributed by atoms with Crippen LogP contribution in [0, 0.1) is 0 Å². The SMILES string of the molecule is COc1cc(NC(=O)c2ccnc(NC3CCCCC3)n2)c(OC)cc1Cl. The molecule has 0 bridgehead atoms. The highest BCUT2D eigenvalue weighted by molar-refractivity contribution is 6.32. The molecule has 1 heterocycles. The van der Waals surface area contributed by atoms with Crippen molar-refractivity contribution in [2.75, 3.05) is 24.9 Å². The molecule has 3 rings (SSSR count). The van der Waals surface area contributed by atoms with Gasteiger partial charge in [-0.2, -0.15) is 0 Å². The minimum atomic E-state index is -0.369. The lowest BCUT2D eigenvalue weighted by Gasteiger charge is -2.22. The summed E-state index contributed by atoms with van der Waals surface area (Å²) >= 11 is 6.10. The van der Waals surface area contributed by atoms with Crippen LogP contribution in [-0.2, 0) is 0 Å². The molecule has 2 aromatic rings. The number of nitrogens with one attached hydrogen (secondary N) is 2. The van der Waals surface area contributed by atoms with Gasteiger partial charge in [0.15, 0.2) is 0 Å². The molecule has 1 amide bonds. The number of rotatable bonds is 6. The van der Waals surface area contributed by atoms with Gasteiger partial charge in [-0.3, -0.25) is 4.79 Å². The molecule has 1 saturated carbocycles. The summed E-state index contributed by atoms with van der Waals surface area (Å²) in [5.41, 5.74) is 0.712. The maximum Gasteiger partial charge on any atom is 0.274 e. The Morgan fingerprint density at radius 3 is 2.59 bits per heavy atom. The molecule has 1 aliphatic rings. The maximum atomic E-state index is 12.7. The Kier molecular flexibility index (Phi) is 6.34. The van der Waals surface area contributed by atoms with E-state index in [1.54, 1.807) is 24.4 Å². The highest BCUT2D eigenvalue weighted by atomic mass is 35.5. The molecule has 27 heavy (non-hydrogen) atoms. The third-order valence-corrected chi connectivity index (χ3v) is 4.84. The zero-order valence-corrected chi connectivity index (χ0v) is 16.2. The fourth-order valence-corrected chi connectivity index (χ4v) is 3.36. The van der Waals surface area contributed by atoms with Crippen LogP contribution in [0.4, 0.5) is 11.6 Å². The smallest absolute Gasteiger partial charge is 0.274 e. The van der Waals surface area contributed by atoms with Crippen LogP contribution in [-0.4, -0.2) is 36.1 Å². The molecule has 0 saturated heterocycles. The van der Waals surface area contributed by atoms with Crippen molar-refractivity contribution < 1.29 is 14.3 Å². The van der Waals surface area contributed by atoms with Crippen LogP contribution < -0.4 is 20.1 Å². The van der Waals surface area contributed by atoms with Gasteiger partial charge in [0.2, 0.25) is 5.95 Å². The Balaban J connectivity index is 1.75. The first-order valence-corrected chi connectivity index (χ1v) is 9.31. The van der Waals surface area contributed by atoms with Gasteiger partial charge in [-0.1, -0.05) is 30.9 Å². The van der Waals surface area contributed by atoms with Crippen LogP contribution in [0.15, 0.2) is 24.4 Å². The van der Waals surface area contributed by atoms with E-state index >= 15 is 0 Å². The Labute approximate surface area is 163 Å². The third kappa shape index (κ3) is 4.80. The van der Waals surface area contributed by atoms with Crippen LogP contribution in [0.5, 0.6) is 11.5 Å². The highest BCUT2D eigenvalue weighted by Gasteiger charge is 2.17. The zero-order valence-electron chi connectivity index (χ0n) is 15.4. The van der Waals surface area contributed by atoms with Gasteiger partial charge in [-0.05, 0) is 18.9 Å². The number of ether oxygens (including phenoxy) is 2. The van der Waals surface area contributed by atoms with Gasteiger partial charge >= 0.3 is 0 Å². The number of nitrogens with zero attached hydrogens (tertiary/aromatic N) is 2. The molecular weight excluding hydrogens is 368 g/mol. The van der Waals surface area contributed by atoms with Crippen molar-refractivity contribution in [3.63, 3.8) is 0 Å². The summed E-state index contributed by atoms with van der Waals surface area (Å²) in [5.74, 6) is 0.973. The molecule has 7 nitrogen and oxygen atoms in total. The summed E-state index contributed by atoms with van der Waals surface area (Å²) in [4.78, 5) is 21.2. The van der Waals surface area contributed by atoms with Crippen LogP contribution in [0.1, 0.15) is 42.6 Å². The first-order chi connectivity index (χ1) is 13.1. The second-order valence-corrected chi connectivity index (χ2v) is 6.79. The maximum absolute atomic E-state index is 12.7. The van der Waals surface area contributed by atoms with Crippen molar-refractivity contribution in [2.45, 2.75) is 38.1 Å². The van der Waals surface area contributed by atoms with E-state index in [1.165, 1.54) is 33.5 Å². The summed E-state index contributed by atoms with van der Waals surface area (Å²) in [6.45, 7) is 0. The van der Waals surface area contributed by atoms with E-state index in [9.17, 15) is 4.79 Å². The Hall–Kier alpha value is -2.54. The van der Waals surface area contributed by atoms with E-state index in [4.69, 9.17) is 21.1 Å². The second-order valence-electron chi connectivity index (χ2n) is 6.39. The molecule has 2 N–H and O–H groups in total. The topological polar surface area (TPSA) is 85.4 Å². The number of aromatic nitrogens is 2. The van der Waals surface area contributed by atoms with Crippen molar-refractivity contribution in [3.8, 4) is 11.5 Å². The second kappa shape index (κ2) is 8.90. The number of methoxy groups -OCH3 is 2. The molecule has 1 aliphatic carbocycles. The Bertz CT molecular complexity index is 810. The van der Waals surface area contributed by atoms with Crippen LogP contribution in [0.25, 0.3) is 0 Å². The number of carbonyl (C=O) groups is 1. The highest BCUT2D eigenvalue weighted by Crippen LogP contribution is 2.36. The van der Waals surface area contributed by atoms with Crippen molar-refractivity contribution in [2.24, 2.45) is 0 Å². The van der Waals surface area contributed by atoms with Crippen molar-refractivity contribution in [1.82, 2.24) is 9.97 Å². The number of halogens is 1. The van der Waals surface area contributed by atoms with Crippen molar-refractivity contribution >= 4 is 29.1 Å². The Morgan fingerprint density at radius 1 is 1.15 bits per heavy atom. The molecule has 0 unspecified atom stereocenters. The number of carbonyl (C=O) groups excluding carboxylic acids is 1. The van der Waals surface area contributed by atoms with E-state index < -0.39 is 0 Å². The van der Waals surface area contributed by atoms with E-state index in [0.29, 0.717) is 34.2 Å². The van der Waals surface area contributed by atoms with Crippen LogP contribution in [0.2, 0.25) is 5.02 Å². The lowest BCUT2D eigenvalue weighted by molar-refractivity contribution is 0.102. The van der Waals surface area contributed by atoms with E-state index in [-0.39, 0.29) is 11.6 Å². The number of hydrogen-bond acceptors (Lipinski definition) is 6. The monoisotopic (exact) mass is 390 g/mol. The van der Waals surface area contributed by atoms with Crippen molar-refractivity contribution in [1.29, 1.82) is 0 Å². The zero-order chi connectivity index (χ0) is 19.2. The fraction of sp³-hybridized carbons (Fsp3) is 0.421. The minimum Gasteiger partial charge on any atom is -0.495 e. The van der Waals surface area contributed by atoms with Gasteiger partial charge in [-0.15, -0.1) is 0 Å².